The Kier molecular flexibility index (Phi) is 4.89. The average Bonchev–Trinajstić information content (AvgIpc) is 2.43. The van der Waals surface area contributed by atoms with Crippen LogP contribution >= 0.6 is 0 Å². The molecule has 0 bridgehead atoms. The second kappa shape index (κ2) is 6.65. The molecule has 20 heavy (non-hydrogen) atoms. The van der Waals surface area contributed by atoms with Crippen molar-refractivity contribution in [1.82, 2.24) is 15.5 Å². The third-order valence-electron chi connectivity index (χ3n) is 3.49. The van der Waals surface area contributed by atoms with E-state index in [0.717, 1.165) is 38.1 Å². The molecule has 0 unspecified atom stereocenters. The number of nitrogens with zero attached hydrogens (tertiary/aromatic N) is 1. The summed E-state index contributed by atoms with van der Waals surface area (Å²) in [5.41, 5.74) is 0.530. The fraction of sp³-hybridized carbons (Fsp3) is 0.500. The fourth-order valence-electron chi connectivity index (χ4n) is 2.22. The molecule has 1 aromatic rings. The summed E-state index contributed by atoms with van der Waals surface area (Å²) in [5, 5.41) is 5.54. The number of halogens is 2. The molecule has 6 heteroatoms. The third kappa shape index (κ3) is 4.16. The van der Waals surface area contributed by atoms with Gasteiger partial charge in [0, 0.05) is 12.6 Å². The maximum absolute atomic E-state index is 13.0. The zero-order valence-electron chi connectivity index (χ0n) is 11.5. The Hall–Kier alpha value is -1.69. The molecule has 2 amide bonds. The highest BCUT2D eigenvalue weighted by atomic mass is 19.2. The van der Waals surface area contributed by atoms with E-state index in [-0.39, 0.29) is 18.6 Å². The Bertz CT molecular complexity index is 473. The summed E-state index contributed by atoms with van der Waals surface area (Å²) in [4.78, 5) is 13.9. The predicted molar refractivity (Wildman–Crippen MR) is 72.2 cm³/mol. The lowest BCUT2D eigenvalue weighted by molar-refractivity contribution is 0.213. The molecule has 4 nitrogen and oxygen atoms in total. The van der Waals surface area contributed by atoms with Crippen molar-refractivity contribution in [3.63, 3.8) is 0 Å². The van der Waals surface area contributed by atoms with Crippen molar-refractivity contribution in [3.8, 4) is 0 Å². The molecule has 0 radical (unpaired) electrons. The van der Waals surface area contributed by atoms with Crippen molar-refractivity contribution >= 4 is 6.03 Å². The van der Waals surface area contributed by atoms with Gasteiger partial charge in [-0.3, -0.25) is 0 Å². The molecule has 1 aliphatic heterocycles. The van der Waals surface area contributed by atoms with E-state index in [9.17, 15) is 13.6 Å². The molecule has 0 aliphatic carbocycles. The number of piperidine rings is 1. The van der Waals surface area contributed by atoms with Crippen molar-refractivity contribution < 1.29 is 13.6 Å². The minimum absolute atomic E-state index is 0.176. The molecule has 0 saturated carbocycles. The molecule has 110 valence electrons. The predicted octanol–water partition coefficient (Wildman–Crippen LogP) is 1.86. The van der Waals surface area contributed by atoms with E-state index in [4.69, 9.17) is 0 Å². The van der Waals surface area contributed by atoms with Crippen LogP contribution in [-0.2, 0) is 6.54 Å². The minimum Gasteiger partial charge on any atom is -0.335 e. The fourth-order valence-corrected chi connectivity index (χ4v) is 2.22. The van der Waals surface area contributed by atoms with E-state index >= 15 is 0 Å². The molecule has 1 aliphatic rings. The maximum Gasteiger partial charge on any atom is 0.315 e. The van der Waals surface area contributed by atoms with Crippen molar-refractivity contribution in [2.75, 3.05) is 20.1 Å². The van der Waals surface area contributed by atoms with Crippen molar-refractivity contribution in [3.05, 3.63) is 35.4 Å². The van der Waals surface area contributed by atoms with Crippen LogP contribution in [0.15, 0.2) is 18.2 Å². The molecule has 1 fully saturated rings. The van der Waals surface area contributed by atoms with E-state index in [1.165, 1.54) is 6.07 Å². The number of carbonyl (C=O) groups is 1. The molecule has 1 saturated heterocycles. The van der Waals surface area contributed by atoms with Crippen LogP contribution in [0.5, 0.6) is 0 Å². The van der Waals surface area contributed by atoms with Gasteiger partial charge >= 0.3 is 6.03 Å². The summed E-state index contributed by atoms with van der Waals surface area (Å²) < 4.78 is 25.8. The highest BCUT2D eigenvalue weighted by Crippen LogP contribution is 2.09. The van der Waals surface area contributed by atoms with Crippen molar-refractivity contribution in [2.45, 2.75) is 25.4 Å². The number of nitrogens with one attached hydrogen (secondary N) is 2. The largest absolute Gasteiger partial charge is 0.335 e. The van der Waals surface area contributed by atoms with Crippen LogP contribution in [-0.4, -0.2) is 37.1 Å². The number of carbonyl (C=O) groups excluding carboxylic acids is 1. The number of benzene rings is 1. The second-order valence-corrected chi connectivity index (χ2v) is 5.15. The Morgan fingerprint density at radius 2 is 2.00 bits per heavy atom. The molecule has 1 heterocycles. The van der Waals surface area contributed by atoms with Gasteiger partial charge in [0.2, 0.25) is 0 Å². The minimum atomic E-state index is -0.903. The number of likely N-dealkylation sites (tertiary alicyclic amines) is 1. The molecule has 0 aromatic heterocycles. The van der Waals surface area contributed by atoms with Gasteiger partial charge in [-0.1, -0.05) is 6.07 Å². The standard InChI is InChI=1S/C14H19F2N3O/c1-19-6-4-11(5-7-19)18-14(20)17-9-10-2-3-12(15)13(16)8-10/h2-3,8,11H,4-7,9H2,1H3,(H2,17,18,20). The van der Waals surface area contributed by atoms with Gasteiger partial charge in [-0.15, -0.1) is 0 Å². The zero-order chi connectivity index (χ0) is 14.5. The monoisotopic (exact) mass is 283 g/mol. The lowest BCUT2D eigenvalue weighted by atomic mass is 10.1. The van der Waals surface area contributed by atoms with Gasteiger partial charge in [0.15, 0.2) is 11.6 Å². The normalized spacial score (nSPS) is 16.9. The van der Waals surface area contributed by atoms with Gasteiger partial charge < -0.3 is 15.5 Å². The second-order valence-electron chi connectivity index (χ2n) is 5.15. The van der Waals surface area contributed by atoms with Crippen LogP contribution < -0.4 is 10.6 Å². The SMILES string of the molecule is CN1CCC(NC(=O)NCc2ccc(F)c(F)c2)CC1. The molecule has 0 spiro atoms. The molecule has 0 atom stereocenters. The molecule has 2 N–H and O–H groups in total. The van der Waals surface area contributed by atoms with E-state index in [2.05, 4.69) is 22.6 Å². The first-order valence-corrected chi connectivity index (χ1v) is 6.71. The third-order valence-corrected chi connectivity index (χ3v) is 3.49. The van der Waals surface area contributed by atoms with E-state index < -0.39 is 11.6 Å². The van der Waals surface area contributed by atoms with Gasteiger partial charge in [0.1, 0.15) is 0 Å². The van der Waals surface area contributed by atoms with Crippen LogP contribution in [0, 0.1) is 11.6 Å². The summed E-state index contributed by atoms with van der Waals surface area (Å²) in [5.74, 6) is -1.79. The number of amides is 2. The summed E-state index contributed by atoms with van der Waals surface area (Å²) in [6, 6.07) is 3.50. The van der Waals surface area contributed by atoms with Crippen LogP contribution in [0.2, 0.25) is 0 Å². The Morgan fingerprint density at radius 3 is 2.65 bits per heavy atom. The van der Waals surface area contributed by atoms with Gasteiger partial charge in [-0.05, 0) is 50.7 Å². The van der Waals surface area contributed by atoms with Crippen LogP contribution in [0.3, 0.4) is 0 Å². The Labute approximate surface area is 117 Å². The van der Waals surface area contributed by atoms with Gasteiger partial charge in [0.25, 0.3) is 0 Å². The van der Waals surface area contributed by atoms with Crippen molar-refractivity contribution in [2.24, 2.45) is 0 Å². The topological polar surface area (TPSA) is 44.4 Å². The maximum atomic E-state index is 13.0. The molecule has 2 rings (SSSR count). The quantitative estimate of drug-likeness (QED) is 0.889. The Balaban J connectivity index is 1.76. The molecular formula is C14H19F2N3O. The lowest BCUT2D eigenvalue weighted by Crippen LogP contribution is -2.46. The molecular weight excluding hydrogens is 264 g/mol. The summed E-state index contributed by atoms with van der Waals surface area (Å²) in [6.45, 7) is 2.11. The Morgan fingerprint density at radius 1 is 1.30 bits per heavy atom. The smallest absolute Gasteiger partial charge is 0.315 e. The molecule has 1 aromatic carbocycles. The van der Waals surface area contributed by atoms with E-state index in [0.29, 0.717) is 5.56 Å². The summed E-state index contributed by atoms with van der Waals surface area (Å²) >= 11 is 0. The van der Waals surface area contributed by atoms with Crippen LogP contribution in [0.25, 0.3) is 0 Å². The first-order chi connectivity index (χ1) is 9.54. The highest BCUT2D eigenvalue weighted by Gasteiger charge is 2.18. The van der Waals surface area contributed by atoms with Gasteiger partial charge in [-0.2, -0.15) is 0 Å². The van der Waals surface area contributed by atoms with Crippen molar-refractivity contribution in [1.29, 1.82) is 0 Å². The van der Waals surface area contributed by atoms with Gasteiger partial charge in [0.05, 0.1) is 0 Å². The van der Waals surface area contributed by atoms with Crippen LogP contribution in [0.1, 0.15) is 18.4 Å². The summed E-state index contributed by atoms with van der Waals surface area (Å²) in [7, 11) is 2.05. The van der Waals surface area contributed by atoms with Gasteiger partial charge in [-0.25, -0.2) is 13.6 Å². The highest BCUT2D eigenvalue weighted by molar-refractivity contribution is 5.74. The first-order valence-electron chi connectivity index (χ1n) is 6.71. The lowest BCUT2D eigenvalue weighted by Gasteiger charge is -2.29. The summed E-state index contributed by atoms with van der Waals surface area (Å²) in [6.07, 6.45) is 1.85. The first kappa shape index (κ1) is 14.7. The zero-order valence-corrected chi connectivity index (χ0v) is 11.5. The number of rotatable bonds is 3. The van der Waals surface area contributed by atoms with Crippen LogP contribution in [0.4, 0.5) is 13.6 Å². The van der Waals surface area contributed by atoms with E-state index in [1.807, 2.05) is 0 Å². The number of hydrogen-bond acceptors (Lipinski definition) is 2. The number of urea groups is 1. The average molecular weight is 283 g/mol. The number of hydrogen-bond donors (Lipinski definition) is 2. The van der Waals surface area contributed by atoms with E-state index in [1.54, 1.807) is 0 Å².